The van der Waals surface area contributed by atoms with Crippen LogP contribution in [0.3, 0.4) is 0 Å². The van der Waals surface area contributed by atoms with Crippen LogP contribution in [0.1, 0.15) is 51.7 Å². The molecule has 1 aliphatic rings. The van der Waals surface area contributed by atoms with Gasteiger partial charge in [0.05, 0.1) is 16.4 Å². The summed E-state index contributed by atoms with van der Waals surface area (Å²) >= 11 is 7.79. The maximum absolute atomic E-state index is 12.8. The number of pyridine rings is 1. The van der Waals surface area contributed by atoms with Gasteiger partial charge in [-0.2, -0.15) is 5.10 Å². The van der Waals surface area contributed by atoms with E-state index < -0.39 is 0 Å². The van der Waals surface area contributed by atoms with Gasteiger partial charge in [-0.15, -0.1) is 11.3 Å². The molecule has 27 heavy (non-hydrogen) atoms. The van der Waals surface area contributed by atoms with E-state index in [1.807, 2.05) is 19.9 Å². The van der Waals surface area contributed by atoms with Crippen molar-refractivity contribution in [2.75, 3.05) is 5.32 Å². The molecule has 1 amide bonds. The average molecular weight is 402 g/mol. The number of aryl methyl sites for hydroxylation is 4. The molecule has 0 radical (unpaired) electrons. The predicted molar refractivity (Wildman–Crippen MR) is 107 cm³/mol. The Morgan fingerprint density at radius 3 is 2.78 bits per heavy atom. The monoisotopic (exact) mass is 401 g/mol. The normalized spacial score (nSPS) is 13.9. The second kappa shape index (κ2) is 7.40. The van der Waals surface area contributed by atoms with Gasteiger partial charge in [-0.3, -0.25) is 10.1 Å². The number of fused-ring (bicyclic) bond motifs is 1. The lowest BCUT2D eigenvalue weighted by atomic mass is 10.2. The molecule has 0 spiro atoms. The molecule has 3 aromatic heterocycles. The van der Waals surface area contributed by atoms with Crippen LogP contribution in [0, 0.1) is 13.8 Å². The minimum absolute atomic E-state index is 0.173. The molecule has 0 saturated heterocycles. The molecule has 140 valence electrons. The van der Waals surface area contributed by atoms with Crippen LogP contribution >= 0.6 is 22.9 Å². The maximum atomic E-state index is 12.8. The lowest BCUT2D eigenvalue weighted by Gasteiger charge is -2.08. The van der Waals surface area contributed by atoms with Crippen molar-refractivity contribution in [3.63, 3.8) is 0 Å². The summed E-state index contributed by atoms with van der Waals surface area (Å²) in [6.07, 6.45) is 5.59. The van der Waals surface area contributed by atoms with Gasteiger partial charge in [0.2, 0.25) is 0 Å². The van der Waals surface area contributed by atoms with E-state index in [9.17, 15) is 4.79 Å². The second-order valence-corrected chi connectivity index (χ2v) is 8.23. The first-order valence-electron chi connectivity index (χ1n) is 9.01. The highest BCUT2D eigenvalue weighted by Crippen LogP contribution is 2.29. The van der Waals surface area contributed by atoms with Gasteiger partial charge in [0.15, 0.2) is 10.9 Å². The molecule has 0 unspecified atom stereocenters. The fourth-order valence-corrected chi connectivity index (χ4v) is 4.54. The number of rotatable bonds is 3. The molecular weight excluding hydrogens is 382 g/mol. The van der Waals surface area contributed by atoms with E-state index >= 15 is 0 Å². The summed E-state index contributed by atoms with van der Waals surface area (Å²) in [4.78, 5) is 23.1. The third-order valence-electron chi connectivity index (χ3n) is 4.59. The molecule has 0 bridgehead atoms. The third-order valence-corrected chi connectivity index (χ3v) is 5.97. The number of halogens is 1. The highest BCUT2D eigenvalue weighted by molar-refractivity contribution is 7.15. The van der Waals surface area contributed by atoms with Crippen molar-refractivity contribution in [3.8, 4) is 5.82 Å². The molecule has 0 aliphatic heterocycles. The van der Waals surface area contributed by atoms with Gasteiger partial charge in [-0.1, -0.05) is 18.0 Å². The number of carbonyl (C=O) groups is 1. The van der Waals surface area contributed by atoms with E-state index in [2.05, 4.69) is 20.4 Å². The van der Waals surface area contributed by atoms with E-state index in [1.165, 1.54) is 17.7 Å². The minimum Gasteiger partial charge on any atom is -0.296 e. The number of thiazole rings is 1. The van der Waals surface area contributed by atoms with Crippen LogP contribution < -0.4 is 5.32 Å². The van der Waals surface area contributed by atoms with Crippen LogP contribution in [0.4, 0.5) is 5.13 Å². The average Bonchev–Trinajstić information content (AvgIpc) is 3.09. The van der Waals surface area contributed by atoms with Crippen molar-refractivity contribution in [1.29, 1.82) is 0 Å². The summed E-state index contributed by atoms with van der Waals surface area (Å²) < 4.78 is 1.70. The Hall–Kier alpha value is -2.25. The number of carbonyl (C=O) groups excluding carboxylic acids is 1. The number of hydrogen-bond acceptors (Lipinski definition) is 5. The zero-order chi connectivity index (χ0) is 19.0. The van der Waals surface area contributed by atoms with Gasteiger partial charge in [-0.25, -0.2) is 14.6 Å². The molecule has 4 rings (SSSR count). The number of amides is 1. The van der Waals surface area contributed by atoms with Gasteiger partial charge in [0.1, 0.15) is 5.69 Å². The number of nitrogens with zero attached hydrogens (tertiary/aromatic N) is 4. The lowest BCUT2D eigenvalue weighted by molar-refractivity contribution is 0.102. The molecule has 0 aromatic carbocycles. The summed E-state index contributed by atoms with van der Waals surface area (Å²) in [5.74, 6) is 0.206. The zero-order valence-corrected chi connectivity index (χ0v) is 16.8. The van der Waals surface area contributed by atoms with Crippen molar-refractivity contribution in [1.82, 2.24) is 19.7 Å². The summed E-state index contributed by atoms with van der Waals surface area (Å²) in [6.45, 7) is 3.86. The Morgan fingerprint density at radius 2 is 2.00 bits per heavy atom. The van der Waals surface area contributed by atoms with Crippen molar-refractivity contribution in [2.45, 2.75) is 46.0 Å². The topological polar surface area (TPSA) is 72.7 Å². The zero-order valence-electron chi connectivity index (χ0n) is 15.3. The first-order chi connectivity index (χ1) is 13.0. The Balaban J connectivity index is 1.60. The van der Waals surface area contributed by atoms with Crippen molar-refractivity contribution in [2.24, 2.45) is 0 Å². The fraction of sp³-hybridized carbons (Fsp3) is 0.368. The standard InChI is InChI=1S/C19H20ClN5OS/c1-11-10-12(2)25(24-11)16-9-8-13(20)17(22-16)18(26)23-19-21-14-6-4-3-5-7-15(14)27-19/h8-10H,3-7H2,1-2H3,(H,21,23,26). The third kappa shape index (κ3) is 3.75. The Labute approximate surface area is 166 Å². The van der Waals surface area contributed by atoms with Crippen LogP contribution in [-0.4, -0.2) is 25.7 Å². The van der Waals surface area contributed by atoms with Crippen molar-refractivity contribution < 1.29 is 4.79 Å². The molecule has 3 aromatic rings. The molecule has 0 fully saturated rings. The van der Waals surface area contributed by atoms with E-state index in [0.29, 0.717) is 16.0 Å². The van der Waals surface area contributed by atoms with Crippen molar-refractivity contribution in [3.05, 3.63) is 50.9 Å². The minimum atomic E-state index is -0.354. The summed E-state index contributed by atoms with van der Waals surface area (Å²) in [5.41, 5.74) is 3.12. The van der Waals surface area contributed by atoms with E-state index in [0.717, 1.165) is 36.3 Å². The second-order valence-electron chi connectivity index (χ2n) is 6.74. The molecule has 0 atom stereocenters. The summed E-state index contributed by atoms with van der Waals surface area (Å²) in [5, 5.41) is 8.20. The Kier molecular flexibility index (Phi) is 4.97. The van der Waals surface area contributed by atoms with Gasteiger partial charge >= 0.3 is 0 Å². The summed E-state index contributed by atoms with van der Waals surface area (Å²) in [6, 6.07) is 5.38. The predicted octanol–water partition coefficient (Wildman–Crippen LogP) is 4.52. The largest absolute Gasteiger partial charge is 0.296 e. The number of hydrogen-bond donors (Lipinski definition) is 1. The fourth-order valence-electron chi connectivity index (χ4n) is 3.31. The smallest absolute Gasteiger partial charge is 0.277 e. The first kappa shape index (κ1) is 18.1. The molecule has 0 saturated carbocycles. The van der Waals surface area contributed by atoms with E-state index in [4.69, 9.17) is 11.6 Å². The van der Waals surface area contributed by atoms with Gasteiger partial charge < -0.3 is 0 Å². The van der Waals surface area contributed by atoms with E-state index in [1.54, 1.807) is 28.2 Å². The van der Waals surface area contributed by atoms with Crippen LogP contribution in [0.25, 0.3) is 5.82 Å². The molecule has 1 N–H and O–H groups in total. The van der Waals surface area contributed by atoms with Crippen molar-refractivity contribution >= 4 is 34.0 Å². The lowest BCUT2D eigenvalue weighted by Crippen LogP contribution is -2.16. The number of anilines is 1. The molecule has 6 nitrogen and oxygen atoms in total. The Morgan fingerprint density at radius 1 is 1.19 bits per heavy atom. The number of aromatic nitrogens is 4. The van der Waals surface area contributed by atoms with Crippen LogP contribution in [0.15, 0.2) is 18.2 Å². The highest BCUT2D eigenvalue weighted by atomic mass is 35.5. The van der Waals surface area contributed by atoms with E-state index in [-0.39, 0.29) is 11.6 Å². The summed E-state index contributed by atoms with van der Waals surface area (Å²) in [7, 11) is 0. The van der Waals surface area contributed by atoms with Gasteiger partial charge in [-0.05, 0) is 57.7 Å². The Bertz CT molecular complexity index is 986. The number of nitrogens with one attached hydrogen (secondary N) is 1. The van der Waals surface area contributed by atoms with Gasteiger partial charge in [0, 0.05) is 10.6 Å². The van der Waals surface area contributed by atoms with Crippen LogP contribution in [-0.2, 0) is 12.8 Å². The SMILES string of the molecule is Cc1cc(C)n(-c2ccc(Cl)c(C(=O)Nc3nc4c(s3)CCCCC4)n2)n1. The maximum Gasteiger partial charge on any atom is 0.277 e. The van der Waals surface area contributed by atoms with Crippen LogP contribution in [0.5, 0.6) is 0 Å². The molecular formula is C19H20ClN5OS. The molecule has 3 heterocycles. The highest BCUT2D eigenvalue weighted by Gasteiger charge is 2.19. The quantitative estimate of drug-likeness (QED) is 0.655. The van der Waals surface area contributed by atoms with Crippen LogP contribution in [0.2, 0.25) is 5.02 Å². The molecule has 1 aliphatic carbocycles. The van der Waals surface area contributed by atoms with Gasteiger partial charge in [0.25, 0.3) is 5.91 Å². The molecule has 8 heteroatoms. The first-order valence-corrected chi connectivity index (χ1v) is 10.2.